The highest BCUT2D eigenvalue weighted by Gasteiger charge is 2.41. The Morgan fingerprint density at radius 2 is 1.70 bits per heavy atom. The summed E-state index contributed by atoms with van der Waals surface area (Å²) >= 11 is 0. The van der Waals surface area contributed by atoms with Gasteiger partial charge in [0.15, 0.2) is 6.29 Å². The smallest absolute Gasteiger partial charge is 0.241 e. The number of nitrogens with zero attached hydrogens (tertiary/aromatic N) is 6. The van der Waals surface area contributed by atoms with Crippen molar-refractivity contribution in [2.24, 2.45) is 5.92 Å². The second-order valence-electron chi connectivity index (χ2n) is 10.6. The summed E-state index contributed by atoms with van der Waals surface area (Å²) in [5.74, 6) is -0.223. The molecule has 4 heterocycles. The summed E-state index contributed by atoms with van der Waals surface area (Å²) in [6.45, 7) is 6.21. The molecular formula is C28H36N6O5S. The maximum absolute atomic E-state index is 13.8. The first-order chi connectivity index (χ1) is 19.3. The molecule has 0 saturated carbocycles. The minimum atomic E-state index is -3.69. The molecule has 1 atom stereocenters. The van der Waals surface area contributed by atoms with Gasteiger partial charge in [-0.2, -0.15) is 4.31 Å². The lowest BCUT2D eigenvalue weighted by atomic mass is 10.0. The number of hydrogen-bond acceptors (Lipinski definition) is 8. The third kappa shape index (κ3) is 6.92. The van der Waals surface area contributed by atoms with Crippen molar-refractivity contribution in [1.29, 1.82) is 0 Å². The number of carbonyl (C=O) groups is 1. The van der Waals surface area contributed by atoms with Crippen molar-refractivity contribution in [2.75, 3.05) is 25.5 Å². The van der Waals surface area contributed by atoms with Crippen molar-refractivity contribution in [1.82, 2.24) is 29.2 Å². The monoisotopic (exact) mass is 568 g/mol. The molecule has 2 fully saturated rings. The van der Waals surface area contributed by atoms with Crippen molar-refractivity contribution >= 4 is 15.9 Å². The van der Waals surface area contributed by atoms with Crippen LogP contribution in [-0.2, 0) is 43.9 Å². The van der Waals surface area contributed by atoms with Crippen LogP contribution in [0.15, 0.2) is 55.0 Å². The van der Waals surface area contributed by atoms with E-state index in [4.69, 9.17) is 9.47 Å². The molecule has 11 nitrogen and oxygen atoms in total. The number of sulfonamides is 1. The van der Waals surface area contributed by atoms with Gasteiger partial charge in [0, 0.05) is 38.4 Å². The average Bonchev–Trinajstić information content (AvgIpc) is 3.62. The lowest BCUT2D eigenvalue weighted by Gasteiger charge is -2.30. The van der Waals surface area contributed by atoms with Gasteiger partial charge in [-0.25, -0.2) is 8.42 Å². The zero-order chi connectivity index (χ0) is 28.1. The van der Waals surface area contributed by atoms with Gasteiger partial charge >= 0.3 is 0 Å². The zero-order valence-electron chi connectivity index (χ0n) is 22.9. The van der Waals surface area contributed by atoms with Gasteiger partial charge in [-0.3, -0.25) is 14.5 Å². The Balaban J connectivity index is 1.31. The predicted octanol–water partition coefficient (Wildman–Crippen LogP) is 2.69. The van der Waals surface area contributed by atoms with E-state index in [1.807, 2.05) is 50.2 Å². The summed E-state index contributed by atoms with van der Waals surface area (Å²) in [6.07, 6.45) is 6.11. The van der Waals surface area contributed by atoms with Gasteiger partial charge in [0.05, 0.1) is 31.7 Å². The average molecular weight is 569 g/mol. The van der Waals surface area contributed by atoms with E-state index in [0.29, 0.717) is 38.3 Å². The molecule has 0 bridgehead atoms. The van der Waals surface area contributed by atoms with Crippen molar-refractivity contribution < 1.29 is 22.7 Å². The summed E-state index contributed by atoms with van der Waals surface area (Å²) in [4.78, 5) is 19.5. The summed E-state index contributed by atoms with van der Waals surface area (Å²) in [5.41, 5.74) is 3.49. The zero-order valence-corrected chi connectivity index (χ0v) is 23.7. The fourth-order valence-corrected chi connectivity index (χ4v) is 6.66. The number of benzene rings is 1. The van der Waals surface area contributed by atoms with Crippen LogP contribution in [0.2, 0.25) is 0 Å². The van der Waals surface area contributed by atoms with Gasteiger partial charge < -0.3 is 14.4 Å². The number of carbonyl (C=O) groups excluding carboxylic acids is 1. The number of pyridine rings is 1. The van der Waals surface area contributed by atoms with Crippen molar-refractivity contribution in [3.63, 3.8) is 0 Å². The molecule has 2 aliphatic heterocycles. The number of ether oxygens (including phenoxy) is 2. The molecule has 5 rings (SSSR count). The second kappa shape index (κ2) is 12.5. The topological polar surface area (TPSA) is 120 Å². The Morgan fingerprint density at radius 1 is 1.00 bits per heavy atom. The van der Waals surface area contributed by atoms with E-state index in [9.17, 15) is 13.2 Å². The van der Waals surface area contributed by atoms with E-state index in [2.05, 4.69) is 15.3 Å². The van der Waals surface area contributed by atoms with Gasteiger partial charge in [0.1, 0.15) is 11.7 Å². The maximum Gasteiger partial charge on any atom is 0.241 e. The SMILES string of the molecule is CC(C)CC1C(=O)N(Cc2cn(CCC3OCCO3)nn2)CCS(=O)(=O)N1Cc1ccc(-c2ccncc2)cc1. The minimum absolute atomic E-state index is 0.101. The summed E-state index contributed by atoms with van der Waals surface area (Å²) in [6, 6.07) is 10.8. The van der Waals surface area contributed by atoms with Crippen LogP contribution >= 0.6 is 0 Å². The molecule has 1 unspecified atom stereocenters. The van der Waals surface area contributed by atoms with Crippen LogP contribution in [0.25, 0.3) is 11.1 Å². The number of rotatable bonds is 10. The van der Waals surface area contributed by atoms with Gasteiger partial charge in [-0.15, -0.1) is 5.10 Å². The van der Waals surface area contributed by atoms with E-state index >= 15 is 0 Å². The van der Waals surface area contributed by atoms with Crippen LogP contribution in [-0.4, -0.2) is 81.4 Å². The highest BCUT2D eigenvalue weighted by Crippen LogP contribution is 2.26. The van der Waals surface area contributed by atoms with Gasteiger partial charge in [0.2, 0.25) is 15.9 Å². The first-order valence-corrected chi connectivity index (χ1v) is 15.3. The lowest BCUT2D eigenvalue weighted by Crippen LogP contribution is -2.47. The molecule has 3 aromatic rings. The third-order valence-corrected chi connectivity index (χ3v) is 8.94. The highest BCUT2D eigenvalue weighted by atomic mass is 32.2. The van der Waals surface area contributed by atoms with Gasteiger partial charge in [-0.05, 0) is 41.2 Å². The maximum atomic E-state index is 13.8. The molecule has 1 aromatic carbocycles. The van der Waals surface area contributed by atoms with Crippen LogP contribution in [0.1, 0.15) is 37.9 Å². The molecule has 0 radical (unpaired) electrons. The Hall–Kier alpha value is -3.19. The van der Waals surface area contributed by atoms with Crippen molar-refractivity contribution in [2.45, 2.75) is 58.7 Å². The Labute approximate surface area is 235 Å². The fourth-order valence-electron chi connectivity index (χ4n) is 5.07. The van der Waals surface area contributed by atoms with E-state index in [1.54, 1.807) is 28.2 Å². The Morgan fingerprint density at radius 3 is 2.40 bits per heavy atom. The predicted molar refractivity (Wildman–Crippen MR) is 148 cm³/mol. The van der Waals surface area contributed by atoms with Crippen LogP contribution in [0.5, 0.6) is 0 Å². The van der Waals surface area contributed by atoms with Crippen molar-refractivity contribution in [3.8, 4) is 11.1 Å². The van der Waals surface area contributed by atoms with E-state index in [-0.39, 0.29) is 43.5 Å². The molecule has 214 valence electrons. The number of hydrogen-bond donors (Lipinski definition) is 0. The highest BCUT2D eigenvalue weighted by molar-refractivity contribution is 7.89. The molecule has 0 aliphatic carbocycles. The van der Waals surface area contributed by atoms with Crippen LogP contribution in [0, 0.1) is 5.92 Å². The fraction of sp³-hybridized carbons (Fsp3) is 0.500. The molecule has 2 aliphatic rings. The number of aromatic nitrogens is 4. The Bertz CT molecular complexity index is 1370. The summed E-state index contributed by atoms with van der Waals surface area (Å²) < 4.78 is 41.1. The molecular weight excluding hydrogens is 532 g/mol. The molecule has 2 aromatic heterocycles. The van der Waals surface area contributed by atoms with Crippen LogP contribution in [0.4, 0.5) is 0 Å². The number of amides is 1. The summed E-state index contributed by atoms with van der Waals surface area (Å²) in [7, 11) is -3.69. The molecule has 0 spiro atoms. The molecule has 12 heteroatoms. The number of aryl methyl sites for hydroxylation is 1. The quantitative estimate of drug-likeness (QED) is 0.366. The largest absolute Gasteiger partial charge is 0.350 e. The standard InChI is InChI=1S/C28H36N6O5S/c1-21(2)17-26-28(35)32(19-25-20-33(31-30-25)12-9-27-38-14-15-39-27)13-16-40(36,37)34(26)18-22-3-5-23(6-4-22)24-7-10-29-11-8-24/h3-8,10-11,20-21,26-27H,9,12-19H2,1-2H3. The van der Waals surface area contributed by atoms with E-state index in [1.165, 1.54) is 4.31 Å². The van der Waals surface area contributed by atoms with Crippen LogP contribution in [0.3, 0.4) is 0 Å². The Kier molecular flexibility index (Phi) is 8.89. The van der Waals surface area contributed by atoms with Crippen LogP contribution < -0.4 is 0 Å². The van der Waals surface area contributed by atoms with Gasteiger partial charge in [-0.1, -0.05) is 43.3 Å². The van der Waals surface area contributed by atoms with Crippen molar-refractivity contribution in [3.05, 3.63) is 66.2 Å². The molecule has 1 amide bonds. The minimum Gasteiger partial charge on any atom is -0.350 e. The third-order valence-electron chi connectivity index (χ3n) is 7.15. The summed E-state index contributed by atoms with van der Waals surface area (Å²) in [5, 5.41) is 8.41. The molecule has 0 N–H and O–H groups in total. The first-order valence-electron chi connectivity index (χ1n) is 13.7. The lowest BCUT2D eigenvalue weighted by molar-refractivity contribution is -0.136. The first kappa shape index (κ1) is 28.3. The normalized spacial score (nSPS) is 20.3. The van der Waals surface area contributed by atoms with Gasteiger partial charge in [0.25, 0.3) is 0 Å². The molecule has 40 heavy (non-hydrogen) atoms. The van der Waals surface area contributed by atoms with E-state index in [0.717, 1.165) is 16.7 Å². The molecule has 2 saturated heterocycles. The van der Waals surface area contributed by atoms with E-state index < -0.39 is 16.1 Å². The second-order valence-corrected chi connectivity index (χ2v) is 12.7.